The van der Waals surface area contributed by atoms with Crippen LogP contribution in [0.2, 0.25) is 0 Å². The fourth-order valence-corrected chi connectivity index (χ4v) is 2.58. The topological polar surface area (TPSA) is 66.8 Å². The summed E-state index contributed by atoms with van der Waals surface area (Å²) in [6.45, 7) is 0.169. The lowest BCUT2D eigenvalue weighted by molar-refractivity contribution is -0.137. The number of carbonyl (C=O) groups excluding carboxylic acids is 1. The molecule has 0 radical (unpaired) electrons. The zero-order valence-corrected chi connectivity index (χ0v) is 11.8. The molecule has 5 heteroatoms. The second-order valence-electron chi connectivity index (χ2n) is 5.07. The van der Waals surface area contributed by atoms with Gasteiger partial charge in [-0.3, -0.25) is 14.5 Å². The maximum absolute atomic E-state index is 12.8. The molecule has 0 aromatic heterocycles. The molecule has 1 aliphatic rings. The molecule has 0 aliphatic carbocycles. The number of aliphatic carboxylic acids is 1. The number of benzene rings is 2. The van der Waals surface area contributed by atoms with Crippen LogP contribution in [-0.2, 0) is 4.79 Å². The molecule has 3 rings (SSSR count). The van der Waals surface area contributed by atoms with E-state index in [-0.39, 0.29) is 18.9 Å². The first kappa shape index (κ1) is 14.1. The van der Waals surface area contributed by atoms with Crippen LogP contribution in [0.1, 0.15) is 16.8 Å². The molecule has 5 nitrogen and oxygen atoms in total. The minimum atomic E-state index is -0.959. The minimum absolute atomic E-state index is 0.160. The highest BCUT2D eigenvalue weighted by molar-refractivity contribution is 6.07. The van der Waals surface area contributed by atoms with Crippen molar-refractivity contribution in [1.82, 2.24) is 0 Å². The Morgan fingerprint density at radius 2 is 1.77 bits per heavy atom. The van der Waals surface area contributed by atoms with Crippen molar-refractivity contribution in [2.75, 3.05) is 11.5 Å². The number of carboxylic acid groups (broad SMARTS) is 1. The summed E-state index contributed by atoms with van der Waals surface area (Å²) in [5, 5.41) is 9.09. The van der Waals surface area contributed by atoms with E-state index in [1.807, 2.05) is 12.1 Å². The molecule has 0 saturated heterocycles. The molecule has 112 valence electrons. The Morgan fingerprint density at radius 1 is 1.09 bits per heavy atom. The van der Waals surface area contributed by atoms with Gasteiger partial charge in [0.1, 0.15) is 12.4 Å². The van der Waals surface area contributed by atoms with Crippen molar-refractivity contribution < 1.29 is 19.4 Å². The highest BCUT2D eigenvalue weighted by atomic mass is 16.5. The van der Waals surface area contributed by atoms with E-state index >= 15 is 0 Å². The number of hydrogen-bond acceptors (Lipinski definition) is 3. The van der Waals surface area contributed by atoms with Gasteiger partial charge in [0.2, 0.25) is 0 Å². The fourth-order valence-electron chi connectivity index (χ4n) is 2.58. The van der Waals surface area contributed by atoms with Crippen molar-refractivity contribution >= 4 is 17.6 Å². The van der Waals surface area contributed by atoms with E-state index in [0.29, 0.717) is 17.0 Å². The number of hydrogen-bond donors (Lipinski definition) is 1. The lowest BCUT2D eigenvalue weighted by Crippen LogP contribution is -2.47. The average Bonchev–Trinajstić information content (AvgIpc) is 2.54. The van der Waals surface area contributed by atoms with E-state index in [9.17, 15) is 9.59 Å². The van der Waals surface area contributed by atoms with Gasteiger partial charge >= 0.3 is 5.97 Å². The van der Waals surface area contributed by atoms with Gasteiger partial charge in [0.05, 0.1) is 18.2 Å². The number of amides is 1. The van der Waals surface area contributed by atoms with Crippen LogP contribution in [-0.4, -0.2) is 29.6 Å². The smallest absolute Gasteiger partial charge is 0.305 e. The monoisotopic (exact) mass is 297 g/mol. The van der Waals surface area contributed by atoms with E-state index in [4.69, 9.17) is 9.84 Å². The predicted octanol–water partition coefficient (Wildman–Crippen LogP) is 2.57. The molecule has 1 unspecified atom stereocenters. The standard InChI is InChI=1S/C17H15NO4/c19-16(20)10-13-11-22-15-9-5-4-8-14(15)18(13)17(21)12-6-2-1-3-7-12/h1-9,13H,10-11H2,(H,19,20). The highest BCUT2D eigenvalue weighted by Gasteiger charge is 2.34. The number of carboxylic acids is 1. The lowest BCUT2D eigenvalue weighted by Gasteiger charge is -2.36. The SMILES string of the molecule is O=C(O)CC1COc2ccccc2N1C(=O)c1ccccc1. The first-order valence-electron chi connectivity index (χ1n) is 6.99. The molecule has 1 aliphatic heterocycles. The van der Waals surface area contributed by atoms with E-state index < -0.39 is 12.0 Å². The number of ether oxygens (including phenoxy) is 1. The van der Waals surface area contributed by atoms with Crippen molar-refractivity contribution in [2.24, 2.45) is 0 Å². The average molecular weight is 297 g/mol. The normalized spacial score (nSPS) is 16.5. The van der Waals surface area contributed by atoms with Crippen LogP contribution >= 0.6 is 0 Å². The molecule has 0 fully saturated rings. The maximum atomic E-state index is 12.8. The predicted molar refractivity (Wildman–Crippen MR) is 81.2 cm³/mol. The summed E-state index contributed by atoms with van der Waals surface area (Å²) in [5.41, 5.74) is 1.13. The van der Waals surface area contributed by atoms with Crippen LogP contribution in [0.3, 0.4) is 0 Å². The van der Waals surface area contributed by atoms with Crippen LogP contribution in [0, 0.1) is 0 Å². The molecule has 1 N–H and O–H groups in total. The van der Waals surface area contributed by atoms with E-state index in [1.165, 1.54) is 4.90 Å². The van der Waals surface area contributed by atoms with Gasteiger partial charge in [0.25, 0.3) is 5.91 Å². The molecular formula is C17H15NO4. The molecule has 22 heavy (non-hydrogen) atoms. The number of nitrogens with zero attached hydrogens (tertiary/aromatic N) is 1. The van der Waals surface area contributed by atoms with Gasteiger partial charge in [-0.05, 0) is 24.3 Å². The molecule has 1 heterocycles. The van der Waals surface area contributed by atoms with Gasteiger partial charge in [-0.15, -0.1) is 0 Å². The fraction of sp³-hybridized carbons (Fsp3) is 0.176. The van der Waals surface area contributed by atoms with E-state index in [0.717, 1.165) is 0 Å². The first-order chi connectivity index (χ1) is 10.7. The van der Waals surface area contributed by atoms with Crippen LogP contribution in [0.4, 0.5) is 5.69 Å². The summed E-state index contributed by atoms with van der Waals surface area (Å²) in [7, 11) is 0. The zero-order chi connectivity index (χ0) is 15.5. The Bertz CT molecular complexity index is 699. The van der Waals surface area contributed by atoms with Crippen LogP contribution in [0.5, 0.6) is 5.75 Å². The number of carbonyl (C=O) groups is 2. The molecule has 0 spiro atoms. The molecule has 0 saturated carbocycles. The highest BCUT2D eigenvalue weighted by Crippen LogP contribution is 2.35. The Balaban J connectivity index is 2.02. The summed E-state index contributed by atoms with van der Waals surface area (Å²) < 4.78 is 5.60. The third-order valence-corrected chi connectivity index (χ3v) is 3.57. The van der Waals surface area contributed by atoms with Crippen molar-refractivity contribution in [3.05, 3.63) is 60.2 Å². The Hall–Kier alpha value is -2.82. The van der Waals surface area contributed by atoms with Gasteiger partial charge < -0.3 is 9.84 Å². The van der Waals surface area contributed by atoms with Gasteiger partial charge in [-0.2, -0.15) is 0 Å². The third kappa shape index (κ3) is 2.65. The zero-order valence-electron chi connectivity index (χ0n) is 11.8. The number of fused-ring (bicyclic) bond motifs is 1. The molecule has 2 aromatic carbocycles. The second kappa shape index (κ2) is 5.89. The lowest BCUT2D eigenvalue weighted by atomic mass is 10.1. The molecule has 1 atom stereocenters. The molecule has 1 amide bonds. The maximum Gasteiger partial charge on any atom is 0.305 e. The van der Waals surface area contributed by atoms with Crippen LogP contribution in [0.25, 0.3) is 0 Å². The van der Waals surface area contributed by atoms with Crippen molar-refractivity contribution in [3.8, 4) is 5.75 Å². The quantitative estimate of drug-likeness (QED) is 0.945. The van der Waals surface area contributed by atoms with Crippen LogP contribution < -0.4 is 9.64 Å². The van der Waals surface area contributed by atoms with Crippen molar-refractivity contribution in [2.45, 2.75) is 12.5 Å². The van der Waals surface area contributed by atoms with Gasteiger partial charge in [-0.1, -0.05) is 30.3 Å². The largest absolute Gasteiger partial charge is 0.489 e. The van der Waals surface area contributed by atoms with Crippen LogP contribution in [0.15, 0.2) is 54.6 Å². The summed E-state index contributed by atoms with van der Waals surface area (Å²) in [6, 6.07) is 15.5. The number of rotatable bonds is 3. The summed E-state index contributed by atoms with van der Waals surface area (Å²) in [5.74, 6) is -0.588. The molecular weight excluding hydrogens is 282 g/mol. The second-order valence-corrected chi connectivity index (χ2v) is 5.07. The summed E-state index contributed by atoms with van der Waals surface area (Å²) in [6.07, 6.45) is -0.160. The Morgan fingerprint density at radius 3 is 2.50 bits per heavy atom. The van der Waals surface area contributed by atoms with Gasteiger partial charge in [0, 0.05) is 5.56 Å². The Kier molecular flexibility index (Phi) is 3.78. The molecule has 0 bridgehead atoms. The third-order valence-electron chi connectivity index (χ3n) is 3.57. The minimum Gasteiger partial charge on any atom is -0.489 e. The summed E-state index contributed by atoms with van der Waals surface area (Å²) in [4.78, 5) is 25.5. The molecule has 2 aromatic rings. The van der Waals surface area contributed by atoms with Gasteiger partial charge in [0.15, 0.2) is 0 Å². The summed E-state index contributed by atoms with van der Waals surface area (Å²) >= 11 is 0. The number of para-hydroxylation sites is 2. The Labute approximate surface area is 127 Å². The van der Waals surface area contributed by atoms with Crippen molar-refractivity contribution in [1.29, 1.82) is 0 Å². The van der Waals surface area contributed by atoms with E-state index in [2.05, 4.69) is 0 Å². The van der Waals surface area contributed by atoms with E-state index in [1.54, 1.807) is 42.5 Å². The van der Waals surface area contributed by atoms with Gasteiger partial charge in [-0.25, -0.2) is 0 Å². The number of anilines is 1. The van der Waals surface area contributed by atoms with Crippen molar-refractivity contribution in [3.63, 3.8) is 0 Å². The first-order valence-corrected chi connectivity index (χ1v) is 6.99.